The van der Waals surface area contributed by atoms with Crippen LogP contribution >= 0.6 is 27.3 Å². The molecule has 0 N–H and O–H groups in total. The Morgan fingerprint density at radius 1 is 0.722 bits per heavy atom. The summed E-state index contributed by atoms with van der Waals surface area (Å²) < 4.78 is 3.88. The quantitative estimate of drug-likeness (QED) is 0.375. The van der Waals surface area contributed by atoms with E-state index in [9.17, 15) is 0 Å². The van der Waals surface area contributed by atoms with E-state index < -0.39 is 0 Å². The molecule has 4 aromatic rings. The molecule has 1 heterocycles. The predicted molar refractivity (Wildman–Crippen MR) is 84.5 cm³/mol. The fraction of sp³-hybridized carbons (Fsp3) is 0. The van der Waals surface area contributed by atoms with Crippen LogP contribution in [0.2, 0.25) is 0 Å². The molecule has 0 bridgehead atoms. The minimum absolute atomic E-state index is 1.18. The second-order valence-electron chi connectivity index (χ2n) is 4.38. The summed E-state index contributed by atoms with van der Waals surface area (Å²) in [6.07, 6.45) is 0. The maximum atomic E-state index is 3.68. The first-order valence-corrected chi connectivity index (χ1v) is 7.44. The van der Waals surface area contributed by atoms with Crippen molar-refractivity contribution < 1.29 is 0 Å². The molecule has 0 saturated heterocycles. The topological polar surface area (TPSA) is 0 Å². The molecule has 0 spiro atoms. The van der Waals surface area contributed by atoms with Crippen molar-refractivity contribution in [3.63, 3.8) is 0 Å². The zero-order valence-electron chi connectivity index (χ0n) is 9.48. The first kappa shape index (κ1) is 10.5. The summed E-state index contributed by atoms with van der Waals surface area (Å²) in [4.78, 5) is 0. The van der Waals surface area contributed by atoms with Crippen molar-refractivity contribution in [2.45, 2.75) is 0 Å². The summed E-state index contributed by atoms with van der Waals surface area (Å²) in [6, 6.07) is 19.5. The molecule has 0 aliphatic heterocycles. The molecular formula is C16H9BrS. The van der Waals surface area contributed by atoms with Crippen molar-refractivity contribution in [3.05, 3.63) is 59.1 Å². The highest BCUT2D eigenvalue weighted by atomic mass is 79.9. The molecule has 0 radical (unpaired) electrons. The number of rotatable bonds is 0. The lowest BCUT2D eigenvalue weighted by Crippen LogP contribution is -1.75. The predicted octanol–water partition coefficient (Wildman–Crippen LogP) is 5.97. The maximum absolute atomic E-state index is 3.68. The van der Waals surface area contributed by atoms with Crippen molar-refractivity contribution >= 4 is 58.2 Å². The van der Waals surface area contributed by atoms with Gasteiger partial charge in [0.05, 0.1) is 0 Å². The molecule has 86 valence electrons. The van der Waals surface area contributed by atoms with Gasteiger partial charge in [-0.2, -0.15) is 0 Å². The molecule has 0 saturated carbocycles. The van der Waals surface area contributed by atoms with E-state index in [-0.39, 0.29) is 0 Å². The lowest BCUT2D eigenvalue weighted by Gasteiger charge is -2.03. The van der Waals surface area contributed by atoms with E-state index in [1.165, 1.54) is 35.4 Å². The van der Waals surface area contributed by atoms with Gasteiger partial charge in [-0.3, -0.25) is 0 Å². The minimum Gasteiger partial charge on any atom is -0.135 e. The van der Waals surface area contributed by atoms with Crippen molar-refractivity contribution in [3.8, 4) is 0 Å². The Labute approximate surface area is 117 Å². The third-order valence-electron chi connectivity index (χ3n) is 3.33. The molecule has 4 rings (SSSR count). The first-order valence-electron chi connectivity index (χ1n) is 5.83. The van der Waals surface area contributed by atoms with Gasteiger partial charge in [0.2, 0.25) is 0 Å². The number of fused-ring (bicyclic) bond motifs is 5. The molecule has 0 atom stereocenters. The lowest BCUT2D eigenvalue weighted by molar-refractivity contribution is 1.78. The average Bonchev–Trinajstić information content (AvgIpc) is 2.77. The highest BCUT2D eigenvalue weighted by Crippen LogP contribution is 2.40. The van der Waals surface area contributed by atoms with E-state index in [2.05, 4.69) is 70.5 Å². The second kappa shape index (κ2) is 3.81. The fourth-order valence-electron chi connectivity index (χ4n) is 2.55. The number of halogens is 1. The van der Waals surface area contributed by atoms with Gasteiger partial charge >= 0.3 is 0 Å². The fourth-order valence-corrected chi connectivity index (χ4v) is 4.43. The molecule has 18 heavy (non-hydrogen) atoms. The molecule has 3 aromatic carbocycles. The Bertz CT molecular complexity index is 889. The molecule has 0 unspecified atom stereocenters. The molecule has 0 fully saturated rings. The van der Waals surface area contributed by atoms with Crippen molar-refractivity contribution in [2.75, 3.05) is 0 Å². The minimum atomic E-state index is 1.18. The molecule has 0 aliphatic rings. The smallest absolute Gasteiger partial charge is 0.0373 e. The van der Waals surface area contributed by atoms with Crippen molar-refractivity contribution in [2.24, 2.45) is 0 Å². The Morgan fingerprint density at radius 2 is 1.39 bits per heavy atom. The Morgan fingerprint density at radius 3 is 2.22 bits per heavy atom. The van der Waals surface area contributed by atoms with Crippen LogP contribution in [-0.4, -0.2) is 0 Å². The van der Waals surface area contributed by atoms with E-state index in [4.69, 9.17) is 0 Å². The summed E-state index contributed by atoms with van der Waals surface area (Å²) in [5, 5.41) is 5.36. The van der Waals surface area contributed by atoms with Crippen LogP contribution in [0, 0.1) is 0 Å². The molecule has 1 aromatic heterocycles. The van der Waals surface area contributed by atoms with E-state index >= 15 is 0 Å². The molecule has 0 amide bonds. The summed E-state index contributed by atoms with van der Waals surface area (Å²) in [7, 11) is 0. The van der Waals surface area contributed by atoms with Gasteiger partial charge in [-0.25, -0.2) is 0 Å². The molecular weight excluding hydrogens is 304 g/mol. The summed E-state index contributed by atoms with van der Waals surface area (Å²) in [5.41, 5.74) is 0. The van der Waals surface area contributed by atoms with Crippen LogP contribution in [0.1, 0.15) is 0 Å². The molecule has 0 aliphatic carbocycles. The van der Waals surface area contributed by atoms with Crippen LogP contribution in [0.25, 0.3) is 30.9 Å². The van der Waals surface area contributed by atoms with Crippen molar-refractivity contribution in [1.29, 1.82) is 0 Å². The van der Waals surface area contributed by atoms with Crippen LogP contribution in [-0.2, 0) is 0 Å². The van der Waals surface area contributed by atoms with E-state index in [1.807, 2.05) is 11.3 Å². The van der Waals surface area contributed by atoms with Gasteiger partial charge < -0.3 is 0 Å². The highest BCUT2D eigenvalue weighted by molar-refractivity contribution is 9.10. The standard InChI is InChI=1S/C16H9BrS/c17-13-9-15-16(11-6-2-1-5-10(11)13)12-7-3-4-8-14(12)18-15/h1-9H. The van der Waals surface area contributed by atoms with E-state index in [0.29, 0.717) is 0 Å². The van der Waals surface area contributed by atoms with Crippen LogP contribution in [0.5, 0.6) is 0 Å². The SMILES string of the molecule is Brc1cc2sc3ccccc3c2c2ccccc12. The average molecular weight is 313 g/mol. The number of thiophene rings is 1. The Balaban J connectivity index is 2.39. The van der Waals surface area contributed by atoms with Crippen LogP contribution < -0.4 is 0 Å². The van der Waals surface area contributed by atoms with Gasteiger partial charge in [0.25, 0.3) is 0 Å². The highest BCUT2D eigenvalue weighted by Gasteiger charge is 2.10. The first-order chi connectivity index (χ1) is 8.84. The third-order valence-corrected chi connectivity index (χ3v) is 5.11. The lowest BCUT2D eigenvalue weighted by atomic mass is 10.0. The van der Waals surface area contributed by atoms with Crippen molar-refractivity contribution in [1.82, 2.24) is 0 Å². The Hall–Kier alpha value is -1.38. The van der Waals surface area contributed by atoms with Crippen LogP contribution in [0.3, 0.4) is 0 Å². The van der Waals surface area contributed by atoms with Crippen LogP contribution in [0.15, 0.2) is 59.1 Å². The monoisotopic (exact) mass is 312 g/mol. The zero-order valence-corrected chi connectivity index (χ0v) is 11.9. The molecule has 2 heteroatoms. The zero-order chi connectivity index (χ0) is 12.1. The summed E-state index contributed by atoms with van der Waals surface area (Å²) in [6.45, 7) is 0. The van der Waals surface area contributed by atoms with Gasteiger partial charge in [-0.15, -0.1) is 11.3 Å². The number of hydrogen-bond acceptors (Lipinski definition) is 1. The molecule has 0 nitrogen and oxygen atoms in total. The number of benzene rings is 3. The van der Waals surface area contributed by atoms with Gasteiger partial charge in [0.15, 0.2) is 0 Å². The largest absolute Gasteiger partial charge is 0.135 e. The van der Waals surface area contributed by atoms with Gasteiger partial charge in [0, 0.05) is 24.6 Å². The second-order valence-corrected chi connectivity index (χ2v) is 6.31. The normalized spacial score (nSPS) is 11.6. The van der Waals surface area contributed by atoms with E-state index in [1.54, 1.807) is 0 Å². The summed E-state index contributed by atoms with van der Waals surface area (Å²) >= 11 is 5.54. The van der Waals surface area contributed by atoms with Gasteiger partial charge in [0.1, 0.15) is 0 Å². The van der Waals surface area contributed by atoms with Gasteiger partial charge in [-0.1, -0.05) is 58.4 Å². The summed E-state index contributed by atoms with van der Waals surface area (Å²) in [5.74, 6) is 0. The maximum Gasteiger partial charge on any atom is 0.0373 e. The third kappa shape index (κ3) is 1.36. The van der Waals surface area contributed by atoms with Gasteiger partial charge in [-0.05, 0) is 22.9 Å². The number of hydrogen-bond donors (Lipinski definition) is 0. The van der Waals surface area contributed by atoms with Crippen LogP contribution in [0.4, 0.5) is 0 Å². The Kier molecular flexibility index (Phi) is 2.23. The van der Waals surface area contributed by atoms with E-state index in [0.717, 1.165) is 0 Å².